The molecule has 0 fully saturated rings. The van der Waals surface area contributed by atoms with Crippen molar-refractivity contribution in [3.8, 4) is 0 Å². The summed E-state index contributed by atoms with van der Waals surface area (Å²) < 4.78 is 27.2. The molecule has 1 aromatic rings. The van der Waals surface area contributed by atoms with E-state index in [2.05, 4.69) is 4.74 Å². The number of hydrogen-bond acceptors (Lipinski definition) is 4. The molecule has 0 unspecified atom stereocenters. The third-order valence-corrected chi connectivity index (χ3v) is 3.31. The van der Waals surface area contributed by atoms with Crippen molar-refractivity contribution in [3.63, 3.8) is 0 Å². The Kier molecular flexibility index (Phi) is 3.64. The van der Waals surface area contributed by atoms with E-state index in [-0.39, 0.29) is 17.3 Å². The monoisotopic (exact) mass is 213 g/mol. The molecule has 0 saturated heterocycles. The summed E-state index contributed by atoms with van der Waals surface area (Å²) in [6.45, 7) is 1.01. The quantitative estimate of drug-likeness (QED) is 0.670. The molecule has 0 aromatic heterocycles. The number of rotatable bonds is 5. The zero-order chi connectivity index (χ0) is 10.4. The predicted octanol–water partition coefficient (Wildman–Crippen LogP) is 0.544. The number of carbonyl (C=O) groups excluding carboxylic acids is 1. The Hall–Kier alpha value is -1.36. The van der Waals surface area contributed by atoms with Gasteiger partial charge in [0.25, 0.3) is 0 Å². The summed E-state index contributed by atoms with van der Waals surface area (Å²) in [5.74, 6) is -0.216. The van der Waals surface area contributed by atoms with Crippen molar-refractivity contribution in [2.24, 2.45) is 0 Å². The van der Waals surface area contributed by atoms with Crippen LogP contribution in [0.15, 0.2) is 35.2 Å². The van der Waals surface area contributed by atoms with Crippen LogP contribution in [0.1, 0.15) is 0 Å². The SMILES string of the molecule is O=[C]OCCS(=O)(=O)c1ccccc1. The summed E-state index contributed by atoms with van der Waals surface area (Å²) in [6, 6.07) is 8.01. The lowest BCUT2D eigenvalue weighted by molar-refractivity contribution is 0.297. The second-order valence-electron chi connectivity index (χ2n) is 2.56. The summed E-state index contributed by atoms with van der Waals surface area (Å²) in [5, 5.41) is 0. The number of benzene rings is 1. The van der Waals surface area contributed by atoms with Gasteiger partial charge in [0.1, 0.15) is 6.61 Å². The molecule has 1 rings (SSSR count). The van der Waals surface area contributed by atoms with E-state index in [1.807, 2.05) is 0 Å². The second kappa shape index (κ2) is 4.76. The molecule has 0 N–H and O–H groups in total. The Balaban J connectivity index is 2.72. The predicted molar refractivity (Wildman–Crippen MR) is 50.1 cm³/mol. The number of hydrogen-bond donors (Lipinski definition) is 0. The van der Waals surface area contributed by atoms with Crippen LogP contribution in [-0.2, 0) is 19.4 Å². The topological polar surface area (TPSA) is 60.4 Å². The largest absolute Gasteiger partial charge is 0.456 e. The molecule has 1 aromatic carbocycles. The normalized spacial score (nSPS) is 10.9. The van der Waals surface area contributed by atoms with E-state index >= 15 is 0 Å². The van der Waals surface area contributed by atoms with Gasteiger partial charge in [-0.05, 0) is 12.1 Å². The maximum atomic E-state index is 11.5. The molecule has 0 aliphatic rings. The van der Waals surface area contributed by atoms with Crippen LogP contribution >= 0.6 is 0 Å². The molecular weight excluding hydrogens is 204 g/mol. The lowest BCUT2D eigenvalue weighted by Crippen LogP contribution is -2.11. The smallest absolute Gasteiger partial charge is 0.417 e. The molecule has 75 valence electrons. The molecule has 0 heterocycles. The fraction of sp³-hybridized carbons (Fsp3) is 0.222. The summed E-state index contributed by atoms with van der Waals surface area (Å²) in [7, 11) is -3.34. The van der Waals surface area contributed by atoms with Gasteiger partial charge in [0.15, 0.2) is 9.84 Å². The van der Waals surface area contributed by atoms with E-state index in [1.165, 1.54) is 18.6 Å². The first-order chi connectivity index (χ1) is 6.67. The first-order valence-corrected chi connectivity index (χ1v) is 5.59. The molecule has 14 heavy (non-hydrogen) atoms. The van der Waals surface area contributed by atoms with Crippen molar-refractivity contribution < 1.29 is 17.9 Å². The molecule has 1 radical (unpaired) electrons. The number of ether oxygens (including phenoxy) is 1. The van der Waals surface area contributed by atoms with Crippen molar-refractivity contribution in [2.45, 2.75) is 4.90 Å². The molecule has 0 aliphatic carbocycles. The van der Waals surface area contributed by atoms with E-state index in [0.717, 1.165) is 0 Å². The van der Waals surface area contributed by atoms with Crippen LogP contribution in [0.25, 0.3) is 0 Å². The maximum absolute atomic E-state index is 11.5. The molecule has 0 atom stereocenters. The van der Waals surface area contributed by atoms with Crippen LogP contribution < -0.4 is 0 Å². The summed E-state index contributed by atoms with van der Waals surface area (Å²) in [4.78, 5) is 9.92. The van der Waals surface area contributed by atoms with Gasteiger partial charge in [-0.1, -0.05) is 18.2 Å². The molecule has 0 aliphatic heterocycles. The first-order valence-electron chi connectivity index (χ1n) is 3.93. The summed E-state index contributed by atoms with van der Waals surface area (Å²) >= 11 is 0. The highest BCUT2D eigenvalue weighted by Crippen LogP contribution is 2.09. The lowest BCUT2D eigenvalue weighted by Gasteiger charge is -2.02. The van der Waals surface area contributed by atoms with E-state index < -0.39 is 9.84 Å². The average Bonchev–Trinajstić information content (AvgIpc) is 2.19. The standard InChI is InChI=1S/C9H9O4S/c10-8-13-6-7-14(11,12)9-4-2-1-3-5-9/h1-5H,6-7H2. The van der Waals surface area contributed by atoms with Crippen molar-refractivity contribution in [1.82, 2.24) is 0 Å². The minimum Gasteiger partial charge on any atom is -0.456 e. The van der Waals surface area contributed by atoms with Crippen LogP contribution in [-0.4, -0.2) is 27.2 Å². The molecule has 0 spiro atoms. The fourth-order valence-electron chi connectivity index (χ4n) is 0.939. The Morgan fingerprint density at radius 2 is 1.86 bits per heavy atom. The molecule has 4 nitrogen and oxygen atoms in total. The van der Waals surface area contributed by atoms with Gasteiger partial charge in [-0.3, -0.25) is 0 Å². The van der Waals surface area contributed by atoms with E-state index in [0.29, 0.717) is 0 Å². The van der Waals surface area contributed by atoms with Crippen LogP contribution in [0.5, 0.6) is 0 Å². The van der Waals surface area contributed by atoms with Crippen molar-refractivity contribution in [1.29, 1.82) is 0 Å². The van der Waals surface area contributed by atoms with Gasteiger partial charge in [0.05, 0.1) is 10.6 Å². The van der Waals surface area contributed by atoms with Crippen LogP contribution in [0.4, 0.5) is 0 Å². The molecular formula is C9H9O4S. The van der Waals surface area contributed by atoms with Gasteiger partial charge in [-0.25, -0.2) is 13.2 Å². The second-order valence-corrected chi connectivity index (χ2v) is 4.67. The Morgan fingerprint density at radius 3 is 2.43 bits per heavy atom. The average molecular weight is 213 g/mol. The fourth-order valence-corrected chi connectivity index (χ4v) is 2.05. The van der Waals surface area contributed by atoms with E-state index in [9.17, 15) is 13.2 Å². The Morgan fingerprint density at radius 1 is 1.21 bits per heavy atom. The highest BCUT2D eigenvalue weighted by atomic mass is 32.2. The minimum absolute atomic E-state index is 0.166. The van der Waals surface area contributed by atoms with E-state index in [1.54, 1.807) is 18.2 Å². The van der Waals surface area contributed by atoms with Gasteiger partial charge in [0, 0.05) is 0 Å². The highest BCUT2D eigenvalue weighted by molar-refractivity contribution is 7.91. The lowest BCUT2D eigenvalue weighted by atomic mass is 10.4. The zero-order valence-electron chi connectivity index (χ0n) is 7.34. The van der Waals surface area contributed by atoms with Crippen LogP contribution in [0, 0.1) is 0 Å². The van der Waals surface area contributed by atoms with Gasteiger partial charge in [-0.2, -0.15) is 0 Å². The minimum atomic E-state index is -3.34. The Labute approximate surface area is 82.4 Å². The third-order valence-electron chi connectivity index (χ3n) is 1.62. The van der Waals surface area contributed by atoms with Gasteiger partial charge >= 0.3 is 6.47 Å². The van der Waals surface area contributed by atoms with Gasteiger partial charge < -0.3 is 4.74 Å². The van der Waals surface area contributed by atoms with Gasteiger partial charge in [-0.15, -0.1) is 0 Å². The molecule has 0 amide bonds. The van der Waals surface area contributed by atoms with E-state index in [4.69, 9.17) is 0 Å². The van der Waals surface area contributed by atoms with Gasteiger partial charge in [0.2, 0.25) is 0 Å². The summed E-state index contributed by atoms with van der Waals surface area (Å²) in [6.07, 6.45) is 0. The number of sulfone groups is 1. The molecule has 0 bridgehead atoms. The molecule has 0 saturated carbocycles. The Bertz CT molecular complexity index is 383. The maximum Gasteiger partial charge on any atom is 0.417 e. The summed E-state index contributed by atoms with van der Waals surface area (Å²) in [5.41, 5.74) is 0. The van der Waals surface area contributed by atoms with Crippen molar-refractivity contribution in [3.05, 3.63) is 30.3 Å². The molecule has 5 heteroatoms. The van der Waals surface area contributed by atoms with Crippen LogP contribution in [0.2, 0.25) is 0 Å². The first kappa shape index (κ1) is 10.7. The zero-order valence-corrected chi connectivity index (χ0v) is 8.16. The third kappa shape index (κ3) is 2.85. The van der Waals surface area contributed by atoms with Crippen molar-refractivity contribution >= 4 is 16.3 Å². The van der Waals surface area contributed by atoms with Crippen LogP contribution in [0.3, 0.4) is 0 Å². The highest BCUT2D eigenvalue weighted by Gasteiger charge is 2.13. The van der Waals surface area contributed by atoms with Crippen molar-refractivity contribution in [2.75, 3.05) is 12.4 Å².